The van der Waals surface area contributed by atoms with Gasteiger partial charge in [-0.2, -0.15) is 9.57 Å². The summed E-state index contributed by atoms with van der Waals surface area (Å²) in [6.07, 6.45) is 2.36. The van der Waals surface area contributed by atoms with Crippen molar-refractivity contribution in [3.63, 3.8) is 0 Å². The van der Waals surface area contributed by atoms with Gasteiger partial charge in [0.05, 0.1) is 23.6 Å². The third-order valence-electron chi connectivity index (χ3n) is 3.31. The normalized spacial score (nSPS) is 20.9. The Morgan fingerprint density at radius 3 is 2.58 bits per heavy atom. The van der Waals surface area contributed by atoms with Gasteiger partial charge in [0.15, 0.2) is 0 Å². The Balaban J connectivity index is 2.26. The van der Waals surface area contributed by atoms with Crippen molar-refractivity contribution in [3.05, 3.63) is 29.8 Å². The van der Waals surface area contributed by atoms with E-state index >= 15 is 0 Å². The van der Waals surface area contributed by atoms with Crippen molar-refractivity contribution in [2.24, 2.45) is 5.73 Å². The monoisotopic (exact) mass is 279 g/mol. The third-order valence-corrected chi connectivity index (χ3v) is 5.25. The zero-order valence-electron chi connectivity index (χ0n) is 10.6. The van der Waals surface area contributed by atoms with Crippen molar-refractivity contribution in [2.45, 2.75) is 36.7 Å². The summed E-state index contributed by atoms with van der Waals surface area (Å²) in [7, 11) is -3.52. The molecule has 1 aliphatic heterocycles. The molecule has 1 aromatic carbocycles. The second-order valence-corrected chi connectivity index (χ2v) is 6.55. The van der Waals surface area contributed by atoms with E-state index in [0.29, 0.717) is 13.0 Å². The van der Waals surface area contributed by atoms with Crippen molar-refractivity contribution >= 4 is 10.0 Å². The van der Waals surface area contributed by atoms with Crippen LogP contribution in [0.5, 0.6) is 0 Å². The van der Waals surface area contributed by atoms with Gasteiger partial charge in [0.1, 0.15) is 0 Å². The van der Waals surface area contributed by atoms with Crippen LogP contribution in [0, 0.1) is 11.3 Å². The molecule has 5 nitrogen and oxygen atoms in total. The van der Waals surface area contributed by atoms with Crippen molar-refractivity contribution in [2.75, 3.05) is 6.54 Å². The minimum absolute atomic E-state index is 0.242. The van der Waals surface area contributed by atoms with Gasteiger partial charge in [-0.3, -0.25) is 0 Å². The second kappa shape index (κ2) is 5.70. The lowest BCUT2D eigenvalue weighted by molar-refractivity contribution is 0.258. The van der Waals surface area contributed by atoms with Gasteiger partial charge in [0, 0.05) is 6.54 Å². The first-order valence-electron chi connectivity index (χ1n) is 6.29. The Labute approximate surface area is 113 Å². The van der Waals surface area contributed by atoms with Crippen LogP contribution < -0.4 is 5.73 Å². The molecule has 1 atom stereocenters. The van der Waals surface area contributed by atoms with Crippen molar-refractivity contribution in [1.82, 2.24) is 4.31 Å². The smallest absolute Gasteiger partial charge is 0.244 e. The van der Waals surface area contributed by atoms with Crippen LogP contribution in [0.3, 0.4) is 0 Å². The van der Waals surface area contributed by atoms with E-state index < -0.39 is 16.2 Å². The Kier molecular flexibility index (Phi) is 4.20. The number of hydrogen-bond donors (Lipinski definition) is 1. The average Bonchev–Trinajstić information content (AvgIpc) is 2.40. The van der Waals surface area contributed by atoms with Crippen LogP contribution in [0.2, 0.25) is 0 Å². The first-order valence-corrected chi connectivity index (χ1v) is 7.73. The molecule has 1 fully saturated rings. The predicted molar refractivity (Wildman–Crippen MR) is 71.5 cm³/mol. The molecule has 1 heterocycles. The molecule has 0 saturated carbocycles. The molecule has 0 radical (unpaired) electrons. The van der Waals surface area contributed by atoms with Crippen LogP contribution in [0.25, 0.3) is 0 Å². The maximum atomic E-state index is 12.4. The molecule has 0 amide bonds. The summed E-state index contributed by atoms with van der Waals surface area (Å²) in [6, 6.07) is 8.47. The van der Waals surface area contributed by atoms with Gasteiger partial charge < -0.3 is 5.73 Å². The number of nitrogens with zero attached hydrogens (tertiary/aromatic N) is 2. The lowest BCUT2D eigenvalue weighted by Gasteiger charge is -2.31. The first-order chi connectivity index (χ1) is 9.05. The maximum absolute atomic E-state index is 12.4. The quantitative estimate of drug-likeness (QED) is 0.901. The molecule has 2 N–H and O–H groups in total. The van der Waals surface area contributed by atoms with Crippen LogP contribution in [0.1, 0.15) is 24.8 Å². The lowest BCUT2D eigenvalue weighted by atomic mass is 10.1. The van der Waals surface area contributed by atoms with Gasteiger partial charge in [-0.25, -0.2) is 8.42 Å². The van der Waals surface area contributed by atoms with E-state index in [9.17, 15) is 8.42 Å². The maximum Gasteiger partial charge on any atom is 0.244 e. The number of nitriles is 1. The summed E-state index contributed by atoms with van der Waals surface area (Å²) in [5.41, 5.74) is 6.69. The van der Waals surface area contributed by atoms with Crippen molar-refractivity contribution < 1.29 is 8.42 Å². The van der Waals surface area contributed by atoms with Crippen LogP contribution in [0.4, 0.5) is 0 Å². The summed E-state index contributed by atoms with van der Waals surface area (Å²) in [6.45, 7) is 0.476. The van der Waals surface area contributed by atoms with Crippen molar-refractivity contribution in [1.29, 1.82) is 5.26 Å². The van der Waals surface area contributed by atoms with E-state index in [2.05, 4.69) is 0 Å². The zero-order valence-corrected chi connectivity index (χ0v) is 11.4. The molecule has 1 saturated heterocycles. The van der Waals surface area contributed by atoms with Crippen LogP contribution in [-0.2, 0) is 16.4 Å². The molecule has 2 rings (SSSR count). The predicted octanol–water partition coefficient (Wildman–Crippen LogP) is 1.21. The third kappa shape index (κ3) is 2.95. The highest BCUT2D eigenvalue weighted by atomic mass is 32.2. The summed E-state index contributed by atoms with van der Waals surface area (Å²) in [4.78, 5) is 0.242. The van der Waals surface area contributed by atoms with E-state index in [1.54, 1.807) is 24.3 Å². The zero-order chi connectivity index (χ0) is 13.9. The molecule has 102 valence electrons. The Hall–Kier alpha value is -1.42. The lowest BCUT2D eigenvalue weighted by Crippen LogP contribution is -2.48. The number of sulfonamides is 1. The fourth-order valence-electron chi connectivity index (χ4n) is 2.24. The van der Waals surface area contributed by atoms with Crippen LogP contribution in [0.15, 0.2) is 29.2 Å². The van der Waals surface area contributed by atoms with E-state index in [-0.39, 0.29) is 11.3 Å². The van der Waals surface area contributed by atoms with Gasteiger partial charge in [0.2, 0.25) is 10.0 Å². The minimum atomic E-state index is -3.52. The molecule has 0 aromatic heterocycles. The Morgan fingerprint density at radius 2 is 2.00 bits per heavy atom. The number of hydrogen-bond acceptors (Lipinski definition) is 4. The first kappa shape index (κ1) is 14.0. The standard InChI is InChI=1S/C13H17N3O2S/c14-9-8-11-4-6-12(7-5-11)19(17,18)16-10-2-1-3-13(16)15/h4-7,13H,1-3,8,10,15H2. The minimum Gasteiger partial charge on any atom is -0.315 e. The topological polar surface area (TPSA) is 87.2 Å². The molecule has 0 spiro atoms. The molecule has 0 bridgehead atoms. The Morgan fingerprint density at radius 1 is 1.32 bits per heavy atom. The molecule has 0 aliphatic carbocycles. The highest BCUT2D eigenvalue weighted by Crippen LogP contribution is 2.23. The largest absolute Gasteiger partial charge is 0.315 e. The highest BCUT2D eigenvalue weighted by Gasteiger charge is 2.31. The fourth-order valence-corrected chi connectivity index (χ4v) is 3.82. The molecule has 6 heteroatoms. The van der Waals surface area contributed by atoms with Gasteiger partial charge in [-0.05, 0) is 37.0 Å². The number of nitrogens with two attached hydrogens (primary N) is 1. The van der Waals surface area contributed by atoms with E-state index in [0.717, 1.165) is 18.4 Å². The summed E-state index contributed by atoms with van der Waals surface area (Å²) in [5, 5.41) is 8.59. The molecular formula is C13H17N3O2S. The Bertz CT molecular complexity index is 575. The highest BCUT2D eigenvalue weighted by molar-refractivity contribution is 7.89. The summed E-state index contributed by atoms with van der Waals surface area (Å²) < 4.78 is 26.3. The SMILES string of the molecule is N#CCc1ccc(S(=O)(=O)N2CCCCC2N)cc1. The molecule has 1 aromatic rings. The van der Waals surface area contributed by atoms with Gasteiger partial charge in [0.25, 0.3) is 0 Å². The number of benzene rings is 1. The number of rotatable bonds is 3. The van der Waals surface area contributed by atoms with E-state index in [1.165, 1.54) is 4.31 Å². The second-order valence-electron chi connectivity index (χ2n) is 4.66. The van der Waals surface area contributed by atoms with Gasteiger partial charge in [-0.15, -0.1) is 0 Å². The van der Waals surface area contributed by atoms with Crippen molar-refractivity contribution in [3.8, 4) is 6.07 Å². The van der Waals surface area contributed by atoms with E-state index in [1.807, 2.05) is 6.07 Å². The van der Waals surface area contributed by atoms with Crippen LogP contribution >= 0.6 is 0 Å². The van der Waals surface area contributed by atoms with Crippen LogP contribution in [-0.4, -0.2) is 25.4 Å². The van der Waals surface area contributed by atoms with Gasteiger partial charge in [-0.1, -0.05) is 12.1 Å². The molecule has 1 unspecified atom stereocenters. The molecule has 19 heavy (non-hydrogen) atoms. The molecular weight excluding hydrogens is 262 g/mol. The number of piperidine rings is 1. The summed E-state index contributed by atoms with van der Waals surface area (Å²) in [5.74, 6) is 0. The van der Waals surface area contributed by atoms with E-state index in [4.69, 9.17) is 11.0 Å². The van der Waals surface area contributed by atoms with Gasteiger partial charge >= 0.3 is 0 Å². The fraction of sp³-hybridized carbons (Fsp3) is 0.462. The molecule has 1 aliphatic rings. The summed E-state index contributed by atoms with van der Waals surface area (Å²) >= 11 is 0. The average molecular weight is 279 g/mol.